The van der Waals surface area contributed by atoms with Crippen molar-refractivity contribution in [1.82, 2.24) is 10.2 Å². The molecule has 3 aromatic rings. The number of carbonyl (C=O) groups excluding carboxylic acids is 1. The number of rotatable bonds is 9. The van der Waals surface area contributed by atoms with E-state index in [0.29, 0.717) is 18.7 Å². The molecule has 3 rings (SSSR count). The molecule has 0 aliphatic heterocycles. The predicted octanol–water partition coefficient (Wildman–Crippen LogP) is 4.73. The summed E-state index contributed by atoms with van der Waals surface area (Å²) in [6, 6.07) is 18.6. The van der Waals surface area contributed by atoms with Crippen molar-refractivity contribution in [2.75, 3.05) is 11.1 Å². The maximum atomic E-state index is 12.0. The van der Waals surface area contributed by atoms with Gasteiger partial charge in [-0.05, 0) is 41.9 Å². The molecule has 0 saturated carbocycles. The van der Waals surface area contributed by atoms with E-state index in [9.17, 15) is 4.79 Å². The Morgan fingerprint density at radius 2 is 1.78 bits per heavy atom. The van der Waals surface area contributed by atoms with Gasteiger partial charge in [0.05, 0.1) is 6.42 Å². The number of amides is 1. The summed E-state index contributed by atoms with van der Waals surface area (Å²) in [6.07, 6.45) is 2.79. The van der Waals surface area contributed by atoms with Gasteiger partial charge in [0.1, 0.15) is 0 Å². The number of hydrogen-bond donors (Lipinski definition) is 1. The summed E-state index contributed by atoms with van der Waals surface area (Å²) in [4.78, 5) is 13.2. The lowest BCUT2D eigenvalue weighted by molar-refractivity contribution is -0.116. The molecular weight excluding hydrogens is 358 g/mol. The molecule has 0 atom stereocenters. The van der Waals surface area contributed by atoms with Gasteiger partial charge in [-0.3, -0.25) is 10.1 Å². The van der Waals surface area contributed by atoms with Crippen LogP contribution in [0.5, 0.6) is 0 Å². The van der Waals surface area contributed by atoms with Gasteiger partial charge in [0.2, 0.25) is 11.8 Å². The molecule has 0 unspecified atom stereocenters. The van der Waals surface area contributed by atoms with Gasteiger partial charge in [-0.1, -0.05) is 54.5 Å². The molecule has 1 N–H and O–H groups in total. The Morgan fingerprint density at radius 1 is 1.04 bits per heavy atom. The van der Waals surface area contributed by atoms with Crippen LogP contribution >= 0.6 is 11.8 Å². The average molecular weight is 382 g/mol. The fourth-order valence-corrected chi connectivity index (χ4v) is 3.44. The van der Waals surface area contributed by atoms with Gasteiger partial charge in [0.25, 0.3) is 0 Å². The van der Waals surface area contributed by atoms with E-state index in [4.69, 9.17) is 4.42 Å². The summed E-state index contributed by atoms with van der Waals surface area (Å²) in [7, 11) is 0. The van der Waals surface area contributed by atoms with Crippen molar-refractivity contribution in [3.63, 3.8) is 0 Å². The van der Waals surface area contributed by atoms with Gasteiger partial charge >= 0.3 is 6.01 Å². The van der Waals surface area contributed by atoms with Gasteiger partial charge in [0, 0.05) is 11.3 Å². The van der Waals surface area contributed by atoms with Crippen LogP contribution in [0.2, 0.25) is 0 Å². The van der Waals surface area contributed by atoms with Crippen molar-refractivity contribution in [2.45, 2.75) is 37.5 Å². The zero-order valence-electron chi connectivity index (χ0n) is 15.4. The monoisotopic (exact) mass is 381 g/mol. The van der Waals surface area contributed by atoms with E-state index in [-0.39, 0.29) is 11.9 Å². The fourth-order valence-electron chi connectivity index (χ4n) is 2.56. The topological polar surface area (TPSA) is 68.0 Å². The average Bonchev–Trinajstić information content (AvgIpc) is 3.13. The van der Waals surface area contributed by atoms with Gasteiger partial charge in [-0.25, -0.2) is 0 Å². The normalized spacial score (nSPS) is 10.7. The second-order valence-electron chi connectivity index (χ2n) is 6.16. The van der Waals surface area contributed by atoms with E-state index >= 15 is 0 Å². The number of aryl methyl sites for hydroxylation is 1. The zero-order chi connectivity index (χ0) is 18.9. The Balaban J connectivity index is 1.40. The Bertz CT molecular complexity index is 847. The maximum Gasteiger partial charge on any atom is 0.322 e. The third kappa shape index (κ3) is 6.25. The summed E-state index contributed by atoms with van der Waals surface area (Å²) in [6.45, 7) is 2.13. The molecule has 1 heterocycles. The molecule has 27 heavy (non-hydrogen) atoms. The van der Waals surface area contributed by atoms with Crippen molar-refractivity contribution in [2.24, 2.45) is 0 Å². The highest BCUT2D eigenvalue weighted by molar-refractivity contribution is 7.99. The Kier molecular flexibility index (Phi) is 7.04. The lowest BCUT2D eigenvalue weighted by Crippen LogP contribution is -2.11. The Hall–Kier alpha value is -2.60. The molecule has 0 spiro atoms. The molecule has 6 heteroatoms. The fraction of sp³-hybridized carbons (Fsp3) is 0.286. The molecule has 140 valence electrons. The van der Waals surface area contributed by atoms with Crippen molar-refractivity contribution in [3.8, 4) is 0 Å². The summed E-state index contributed by atoms with van der Waals surface area (Å²) < 4.78 is 5.53. The van der Waals surface area contributed by atoms with Crippen molar-refractivity contribution < 1.29 is 9.21 Å². The van der Waals surface area contributed by atoms with E-state index in [1.165, 1.54) is 10.5 Å². The van der Waals surface area contributed by atoms with Crippen LogP contribution in [-0.4, -0.2) is 21.9 Å². The second-order valence-corrected chi connectivity index (χ2v) is 7.33. The number of nitrogens with zero attached hydrogens (tertiary/aromatic N) is 2. The van der Waals surface area contributed by atoms with Crippen LogP contribution in [0.25, 0.3) is 0 Å². The molecule has 5 nitrogen and oxygen atoms in total. The van der Waals surface area contributed by atoms with E-state index < -0.39 is 0 Å². The largest absolute Gasteiger partial charge is 0.407 e. The molecule has 0 radical (unpaired) electrons. The minimum Gasteiger partial charge on any atom is -0.407 e. The third-order valence-corrected chi connectivity index (χ3v) is 5.16. The lowest BCUT2D eigenvalue weighted by atomic mass is 10.1. The second kappa shape index (κ2) is 9.92. The van der Waals surface area contributed by atoms with Crippen LogP contribution in [0.3, 0.4) is 0 Å². The van der Waals surface area contributed by atoms with Crippen molar-refractivity contribution >= 4 is 23.7 Å². The maximum absolute atomic E-state index is 12.0. The van der Waals surface area contributed by atoms with Crippen LogP contribution < -0.4 is 5.32 Å². The van der Waals surface area contributed by atoms with Crippen LogP contribution in [-0.2, 0) is 17.6 Å². The first kappa shape index (κ1) is 19.2. The van der Waals surface area contributed by atoms with Crippen molar-refractivity contribution in [3.05, 3.63) is 71.6 Å². The van der Waals surface area contributed by atoms with Crippen LogP contribution in [0.4, 0.5) is 6.01 Å². The van der Waals surface area contributed by atoms with Crippen molar-refractivity contribution in [1.29, 1.82) is 0 Å². The van der Waals surface area contributed by atoms with Crippen LogP contribution in [0.1, 0.15) is 36.8 Å². The smallest absolute Gasteiger partial charge is 0.322 e. The lowest BCUT2D eigenvalue weighted by Gasteiger charge is -2.02. The van der Waals surface area contributed by atoms with Crippen LogP contribution in [0, 0.1) is 0 Å². The van der Waals surface area contributed by atoms with Crippen LogP contribution in [0.15, 0.2) is 63.9 Å². The molecule has 0 aliphatic rings. The first-order valence-corrected chi connectivity index (χ1v) is 10.1. The number of thioether (sulfide) groups is 1. The Labute approximate surface area is 163 Å². The molecule has 2 aromatic carbocycles. The molecule has 1 amide bonds. The number of nitrogens with one attached hydrogen (secondary N) is 1. The first-order chi connectivity index (χ1) is 13.2. The molecule has 0 fully saturated rings. The highest BCUT2D eigenvalue weighted by Crippen LogP contribution is 2.18. The van der Waals surface area contributed by atoms with E-state index in [1.807, 2.05) is 18.2 Å². The highest BCUT2D eigenvalue weighted by atomic mass is 32.2. The summed E-state index contributed by atoms with van der Waals surface area (Å²) in [5.74, 6) is 1.28. The number of carbonyl (C=O) groups is 1. The van der Waals surface area contributed by atoms with E-state index in [1.54, 1.807) is 11.8 Å². The summed E-state index contributed by atoms with van der Waals surface area (Å²) in [5, 5.41) is 10.6. The Morgan fingerprint density at radius 3 is 2.52 bits per heavy atom. The summed E-state index contributed by atoms with van der Waals surface area (Å²) in [5.41, 5.74) is 2.40. The minimum absolute atomic E-state index is 0.105. The standard InChI is InChI=1S/C21H23N3O2S/c1-2-16-10-12-17(13-11-16)15-20-23-24-21(26-20)22-19(25)9-6-14-27-18-7-4-3-5-8-18/h3-5,7-8,10-13H,2,6,9,14-15H2,1H3,(H,22,24,25). The number of benzene rings is 2. The summed E-state index contributed by atoms with van der Waals surface area (Å²) >= 11 is 1.75. The van der Waals surface area contributed by atoms with Gasteiger partial charge in [0.15, 0.2) is 0 Å². The SMILES string of the molecule is CCc1ccc(Cc2nnc(NC(=O)CCCSc3ccccc3)o2)cc1. The number of aromatic nitrogens is 2. The highest BCUT2D eigenvalue weighted by Gasteiger charge is 2.10. The van der Waals surface area contributed by atoms with Gasteiger partial charge in [-0.15, -0.1) is 16.9 Å². The minimum atomic E-state index is -0.105. The van der Waals surface area contributed by atoms with E-state index in [2.05, 4.69) is 58.8 Å². The quantitative estimate of drug-likeness (QED) is 0.428. The van der Waals surface area contributed by atoms with Gasteiger partial charge < -0.3 is 4.42 Å². The van der Waals surface area contributed by atoms with Gasteiger partial charge in [-0.2, -0.15) is 0 Å². The molecular formula is C21H23N3O2S. The molecule has 0 saturated heterocycles. The third-order valence-electron chi connectivity index (χ3n) is 4.06. The number of hydrogen-bond acceptors (Lipinski definition) is 5. The first-order valence-electron chi connectivity index (χ1n) is 9.11. The number of anilines is 1. The zero-order valence-corrected chi connectivity index (χ0v) is 16.2. The molecule has 0 bridgehead atoms. The van der Waals surface area contributed by atoms with E-state index in [0.717, 1.165) is 24.2 Å². The molecule has 0 aliphatic carbocycles. The molecule has 1 aromatic heterocycles. The predicted molar refractivity (Wildman–Crippen MR) is 108 cm³/mol.